The molecule has 96 valence electrons. The first-order chi connectivity index (χ1) is 8.56. The first-order valence-corrected chi connectivity index (χ1v) is 5.78. The summed E-state index contributed by atoms with van der Waals surface area (Å²) < 4.78 is 0. The van der Waals surface area contributed by atoms with Gasteiger partial charge in [0.05, 0.1) is 0 Å². The molecule has 4 heteroatoms. The standard InChI is InChI=1S/C14H16O4/c1-2-3-4-5-6-7-10-8-11(14(17)18)13(16)12(15)9-10/h1,8-9,15-16H,3-7H2,(H,17,18). The lowest BCUT2D eigenvalue weighted by atomic mass is 10.0. The van der Waals surface area contributed by atoms with Gasteiger partial charge in [-0.2, -0.15) is 0 Å². The second-order valence-electron chi connectivity index (χ2n) is 4.08. The molecule has 0 saturated heterocycles. The molecule has 1 aromatic carbocycles. The van der Waals surface area contributed by atoms with E-state index in [4.69, 9.17) is 11.5 Å². The number of carbonyl (C=O) groups is 1. The largest absolute Gasteiger partial charge is 0.504 e. The molecule has 1 rings (SSSR count). The second-order valence-corrected chi connectivity index (χ2v) is 4.08. The molecule has 0 fully saturated rings. The van der Waals surface area contributed by atoms with Crippen LogP contribution in [0.1, 0.15) is 41.6 Å². The minimum Gasteiger partial charge on any atom is -0.504 e. The van der Waals surface area contributed by atoms with E-state index < -0.39 is 17.5 Å². The molecule has 0 radical (unpaired) electrons. The van der Waals surface area contributed by atoms with Crippen molar-refractivity contribution in [2.45, 2.75) is 32.1 Å². The van der Waals surface area contributed by atoms with Gasteiger partial charge in [-0.25, -0.2) is 4.79 Å². The zero-order chi connectivity index (χ0) is 13.5. The number of aromatic carboxylic acids is 1. The molecule has 18 heavy (non-hydrogen) atoms. The van der Waals surface area contributed by atoms with Gasteiger partial charge >= 0.3 is 5.97 Å². The molecule has 0 aliphatic carbocycles. The summed E-state index contributed by atoms with van der Waals surface area (Å²) in [7, 11) is 0. The van der Waals surface area contributed by atoms with Gasteiger partial charge in [-0.15, -0.1) is 12.3 Å². The van der Waals surface area contributed by atoms with Crippen LogP contribution in [0.2, 0.25) is 0 Å². The van der Waals surface area contributed by atoms with Crippen molar-refractivity contribution < 1.29 is 20.1 Å². The lowest BCUT2D eigenvalue weighted by Gasteiger charge is -2.07. The minimum atomic E-state index is -1.25. The average molecular weight is 248 g/mol. The van der Waals surface area contributed by atoms with Crippen LogP contribution in [0.25, 0.3) is 0 Å². The number of phenols is 2. The molecule has 1 aromatic rings. The van der Waals surface area contributed by atoms with Crippen molar-refractivity contribution in [2.24, 2.45) is 0 Å². The number of benzene rings is 1. The van der Waals surface area contributed by atoms with Crippen molar-refractivity contribution in [1.29, 1.82) is 0 Å². The van der Waals surface area contributed by atoms with Gasteiger partial charge in [-0.1, -0.05) is 6.42 Å². The summed E-state index contributed by atoms with van der Waals surface area (Å²) >= 11 is 0. The highest BCUT2D eigenvalue weighted by atomic mass is 16.4. The van der Waals surface area contributed by atoms with Gasteiger partial charge in [0.1, 0.15) is 5.56 Å². The van der Waals surface area contributed by atoms with E-state index in [9.17, 15) is 15.0 Å². The van der Waals surface area contributed by atoms with Crippen molar-refractivity contribution in [3.05, 3.63) is 23.3 Å². The van der Waals surface area contributed by atoms with Crippen molar-refractivity contribution in [1.82, 2.24) is 0 Å². The van der Waals surface area contributed by atoms with E-state index in [2.05, 4.69) is 5.92 Å². The Bertz CT molecular complexity index is 471. The highest BCUT2D eigenvalue weighted by molar-refractivity contribution is 5.92. The van der Waals surface area contributed by atoms with Crippen LogP contribution in [0, 0.1) is 12.3 Å². The molecular weight excluding hydrogens is 232 g/mol. The van der Waals surface area contributed by atoms with E-state index in [0.29, 0.717) is 12.0 Å². The predicted molar refractivity (Wildman–Crippen MR) is 67.7 cm³/mol. The minimum absolute atomic E-state index is 0.270. The normalized spacial score (nSPS) is 9.94. The number of aryl methyl sites for hydroxylation is 1. The fourth-order valence-corrected chi connectivity index (χ4v) is 1.72. The van der Waals surface area contributed by atoms with Gasteiger partial charge in [0, 0.05) is 6.42 Å². The summed E-state index contributed by atoms with van der Waals surface area (Å²) in [4.78, 5) is 10.8. The monoisotopic (exact) mass is 248 g/mol. The van der Waals surface area contributed by atoms with Gasteiger partial charge in [0.15, 0.2) is 11.5 Å². The molecule has 0 spiro atoms. The first kappa shape index (κ1) is 13.9. The van der Waals surface area contributed by atoms with E-state index >= 15 is 0 Å². The highest BCUT2D eigenvalue weighted by Gasteiger charge is 2.14. The van der Waals surface area contributed by atoms with E-state index in [-0.39, 0.29) is 5.56 Å². The molecule has 0 unspecified atom stereocenters. The SMILES string of the molecule is C#CCCCCCc1cc(O)c(O)c(C(=O)O)c1. The van der Waals surface area contributed by atoms with Gasteiger partial charge < -0.3 is 15.3 Å². The maximum Gasteiger partial charge on any atom is 0.339 e. The third kappa shape index (κ3) is 3.70. The topological polar surface area (TPSA) is 77.8 Å². The Hall–Kier alpha value is -2.15. The molecular formula is C14H16O4. The van der Waals surface area contributed by atoms with Gasteiger partial charge in [-0.05, 0) is 37.0 Å². The summed E-state index contributed by atoms with van der Waals surface area (Å²) in [5.41, 5.74) is 0.428. The van der Waals surface area contributed by atoms with Gasteiger partial charge in [0.25, 0.3) is 0 Å². The summed E-state index contributed by atoms with van der Waals surface area (Å²) in [6.07, 6.45) is 9.28. The molecule has 0 aromatic heterocycles. The summed E-state index contributed by atoms with van der Waals surface area (Å²) in [6.45, 7) is 0. The number of terminal acetylenes is 1. The van der Waals surface area contributed by atoms with Crippen LogP contribution in [-0.4, -0.2) is 21.3 Å². The van der Waals surface area contributed by atoms with Crippen LogP contribution < -0.4 is 0 Å². The van der Waals surface area contributed by atoms with Crippen molar-refractivity contribution in [2.75, 3.05) is 0 Å². The molecule has 0 atom stereocenters. The van der Waals surface area contributed by atoms with E-state index in [0.717, 1.165) is 25.7 Å². The highest BCUT2D eigenvalue weighted by Crippen LogP contribution is 2.31. The van der Waals surface area contributed by atoms with E-state index in [1.807, 2.05) is 0 Å². The van der Waals surface area contributed by atoms with Crippen LogP contribution in [0.15, 0.2) is 12.1 Å². The molecule has 0 aliphatic rings. The lowest BCUT2D eigenvalue weighted by Crippen LogP contribution is -1.99. The van der Waals surface area contributed by atoms with Crippen molar-refractivity contribution in [3.8, 4) is 23.8 Å². The van der Waals surface area contributed by atoms with Crippen LogP contribution in [0.5, 0.6) is 11.5 Å². The smallest absolute Gasteiger partial charge is 0.339 e. The molecule has 0 aliphatic heterocycles. The Balaban J connectivity index is 2.67. The molecule has 0 heterocycles. The Labute approximate surface area is 106 Å². The fraction of sp³-hybridized carbons (Fsp3) is 0.357. The van der Waals surface area contributed by atoms with E-state index in [1.54, 1.807) is 0 Å². The number of carboxylic acid groups (broad SMARTS) is 1. The third-order valence-electron chi connectivity index (χ3n) is 2.67. The van der Waals surface area contributed by atoms with Crippen LogP contribution in [0.4, 0.5) is 0 Å². The Morgan fingerprint density at radius 2 is 1.94 bits per heavy atom. The number of phenolic OH excluding ortho intramolecular Hbond substituents is 1. The number of hydrogen-bond donors (Lipinski definition) is 3. The Morgan fingerprint density at radius 3 is 2.56 bits per heavy atom. The zero-order valence-electron chi connectivity index (χ0n) is 10.0. The Morgan fingerprint density at radius 1 is 1.22 bits per heavy atom. The Kier molecular flexibility index (Phi) is 5.06. The summed E-state index contributed by atoms with van der Waals surface area (Å²) in [6, 6.07) is 2.78. The number of carboxylic acids is 1. The van der Waals surface area contributed by atoms with Crippen molar-refractivity contribution in [3.63, 3.8) is 0 Å². The fourth-order valence-electron chi connectivity index (χ4n) is 1.72. The van der Waals surface area contributed by atoms with Gasteiger partial charge in [-0.3, -0.25) is 0 Å². The molecule has 0 amide bonds. The maximum atomic E-state index is 10.8. The number of rotatable bonds is 6. The molecule has 3 N–H and O–H groups in total. The van der Waals surface area contributed by atoms with Gasteiger partial charge in [0.2, 0.25) is 0 Å². The average Bonchev–Trinajstić information content (AvgIpc) is 2.32. The summed E-state index contributed by atoms with van der Waals surface area (Å²) in [5.74, 6) is 0.324. The van der Waals surface area contributed by atoms with Crippen LogP contribution in [0.3, 0.4) is 0 Å². The molecule has 0 bridgehead atoms. The summed E-state index contributed by atoms with van der Waals surface area (Å²) in [5, 5.41) is 27.7. The maximum absolute atomic E-state index is 10.8. The first-order valence-electron chi connectivity index (χ1n) is 5.78. The van der Waals surface area contributed by atoms with E-state index in [1.165, 1.54) is 12.1 Å². The molecule has 4 nitrogen and oxygen atoms in total. The predicted octanol–water partition coefficient (Wildman–Crippen LogP) is 2.53. The van der Waals surface area contributed by atoms with Crippen LogP contribution in [-0.2, 0) is 6.42 Å². The van der Waals surface area contributed by atoms with Crippen molar-refractivity contribution >= 4 is 5.97 Å². The number of aromatic hydroxyl groups is 2. The quantitative estimate of drug-likeness (QED) is 0.410. The third-order valence-corrected chi connectivity index (χ3v) is 2.67. The second kappa shape index (κ2) is 6.55. The zero-order valence-corrected chi connectivity index (χ0v) is 10.0. The molecule has 0 saturated carbocycles. The lowest BCUT2D eigenvalue weighted by molar-refractivity contribution is 0.0693. The number of hydrogen-bond acceptors (Lipinski definition) is 3. The number of unbranched alkanes of at least 4 members (excludes halogenated alkanes) is 3. The van der Waals surface area contributed by atoms with Crippen LogP contribution >= 0.6 is 0 Å².